The van der Waals surface area contributed by atoms with Crippen molar-refractivity contribution in [1.29, 1.82) is 0 Å². The van der Waals surface area contributed by atoms with Gasteiger partial charge in [-0.15, -0.1) is 0 Å². The molecule has 4 nitrogen and oxygen atoms in total. The number of aromatic nitrogens is 1. The number of pyridine rings is 1. The van der Waals surface area contributed by atoms with Gasteiger partial charge in [0.25, 0.3) is 5.91 Å². The Bertz CT molecular complexity index is 957. The first-order valence-corrected chi connectivity index (χ1v) is 8.53. The highest BCUT2D eigenvalue weighted by molar-refractivity contribution is 5.95. The third kappa shape index (κ3) is 3.42. The van der Waals surface area contributed by atoms with E-state index in [9.17, 15) is 9.18 Å². The van der Waals surface area contributed by atoms with Crippen molar-refractivity contribution in [3.05, 3.63) is 89.5 Å². The molecule has 1 N–H and O–H groups in total. The van der Waals surface area contributed by atoms with Crippen LogP contribution in [0.3, 0.4) is 0 Å². The van der Waals surface area contributed by atoms with E-state index in [4.69, 9.17) is 0 Å². The lowest BCUT2D eigenvalue weighted by atomic mass is 9.99. The molecule has 1 aromatic heterocycles. The van der Waals surface area contributed by atoms with Crippen LogP contribution < -0.4 is 5.32 Å². The normalized spacial score (nSPS) is 13.2. The number of amides is 1. The van der Waals surface area contributed by atoms with Crippen LogP contribution in [0, 0.1) is 5.82 Å². The van der Waals surface area contributed by atoms with Crippen LogP contribution in [0.15, 0.2) is 67.0 Å². The molecule has 0 saturated heterocycles. The SMILES string of the molecule is O=C(c1cncc(Nc2cccc(F)c2)c1)N1CCc2ccccc2C1. The summed E-state index contributed by atoms with van der Waals surface area (Å²) in [6, 6.07) is 16.1. The number of hydrogen-bond acceptors (Lipinski definition) is 3. The van der Waals surface area contributed by atoms with Crippen molar-refractivity contribution in [3.63, 3.8) is 0 Å². The molecule has 5 heteroatoms. The number of anilines is 2. The van der Waals surface area contributed by atoms with E-state index in [0.717, 1.165) is 6.42 Å². The van der Waals surface area contributed by atoms with Crippen molar-refractivity contribution in [2.24, 2.45) is 0 Å². The Morgan fingerprint density at radius 3 is 2.69 bits per heavy atom. The van der Waals surface area contributed by atoms with Crippen LogP contribution in [0.4, 0.5) is 15.8 Å². The Hall–Kier alpha value is -3.21. The zero-order valence-corrected chi connectivity index (χ0v) is 14.2. The molecule has 0 bridgehead atoms. The first-order chi connectivity index (χ1) is 12.7. The van der Waals surface area contributed by atoms with E-state index in [1.165, 1.54) is 23.3 Å². The molecule has 1 amide bonds. The van der Waals surface area contributed by atoms with Gasteiger partial charge in [-0.3, -0.25) is 9.78 Å². The molecule has 1 aliphatic rings. The average Bonchev–Trinajstić information content (AvgIpc) is 2.67. The molecule has 4 rings (SSSR count). The Morgan fingerprint density at radius 2 is 1.85 bits per heavy atom. The van der Waals surface area contributed by atoms with Gasteiger partial charge >= 0.3 is 0 Å². The number of carbonyl (C=O) groups is 1. The highest BCUT2D eigenvalue weighted by Gasteiger charge is 2.21. The van der Waals surface area contributed by atoms with Crippen molar-refractivity contribution in [1.82, 2.24) is 9.88 Å². The maximum absolute atomic E-state index is 13.3. The second-order valence-corrected chi connectivity index (χ2v) is 6.34. The average molecular weight is 347 g/mol. The third-order valence-corrected chi connectivity index (χ3v) is 4.52. The van der Waals surface area contributed by atoms with Gasteiger partial charge in [-0.05, 0) is 41.8 Å². The van der Waals surface area contributed by atoms with Crippen LogP contribution >= 0.6 is 0 Å². The van der Waals surface area contributed by atoms with Crippen LogP contribution in [0.5, 0.6) is 0 Å². The van der Waals surface area contributed by atoms with Gasteiger partial charge in [-0.25, -0.2) is 4.39 Å². The molecule has 0 radical (unpaired) electrons. The zero-order valence-electron chi connectivity index (χ0n) is 14.2. The number of rotatable bonds is 3. The van der Waals surface area contributed by atoms with E-state index >= 15 is 0 Å². The predicted molar refractivity (Wildman–Crippen MR) is 98.8 cm³/mol. The smallest absolute Gasteiger partial charge is 0.255 e. The van der Waals surface area contributed by atoms with Gasteiger partial charge in [0, 0.05) is 25.0 Å². The topological polar surface area (TPSA) is 45.2 Å². The Kier molecular flexibility index (Phi) is 4.35. The molecule has 130 valence electrons. The summed E-state index contributed by atoms with van der Waals surface area (Å²) in [5.41, 5.74) is 4.28. The van der Waals surface area contributed by atoms with E-state index < -0.39 is 0 Å². The first-order valence-electron chi connectivity index (χ1n) is 8.53. The quantitative estimate of drug-likeness (QED) is 0.774. The van der Waals surface area contributed by atoms with E-state index in [2.05, 4.69) is 22.4 Å². The molecule has 0 unspecified atom stereocenters. The molecular formula is C21H18FN3O. The summed E-state index contributed by atoms with van der Waals surface area (Å²) in [6.07, 6.45) is 4.05. The number of benzene rings is 2. The van der Waals surface area contributed by atoms with Gasteiger partial charge < -0.3 is 10.2 Å². The number of fused-ring (bicyclic) bond motifs is 1. The third-order valence-electron chi connectivity index (χ3n) is 4.52. The van der Waals surface area contributed by atoms with E-state index in [1.54, 1.807) is 30.6 Å². The summed E-state index contributed by atoms with van der Waals surface area (Å²) in [5.74, 6) is -0.364. The zero-order chi connectivity index (χ0) is 17.9. The van der Waals surface area contributed by atoms with Gasteiger partial charge in [0.15, 0.2) is 0 Å². The lowest BCUT2D eigenvalue weighted by molar-refractivity contribution is 0.0734. The van der Waals surface area contributed by atoms with E-state index in [-0.39, 0.29) is 11.7 Å². The number of nitrogens with zero attached hydrogens (tertiary/aromatic N) is 2. The summed E-state index contributed by atoms with van der Waals surface area (Å²) < 4.78 is 13.3. The monoisotopic (exact) mass is 347 g/mol. The molecular weight excluding hydrogens is 329 g/mol. The number of halogens is 1. The second kappa shape index (κ2) is 6.96. The predicted octanol–water partition coefficient (Wildman–Crippen LogP) is 4.16. The van der Waals surface area contributed by atoms with Crippen molar-refractivity contribution in [2.45, 2.75) is 13.0 Å². The minimum absolute atomic E-state index is 0.0464. The van der Waals surface area contributed by atoms with Crippen molar-refractivity contribution in [2.75, 3.05) is 11.9 Å². The minimum Gasteiger partial charge on any atom is -0.354 e. The van der Waals surface area contributed by atoms with Gasteiger partial charge in [0.05, 0.1) is 17.4 Å². The minimum atomic E-state index is -0.317. The maximum Gasteiger partial charge on any atom is 0.255 e. The summed E-state index contributed by atoms with van der Waals surface area (Å²) in [7, 11) is 0. The van der Waals surface area contributed by atoms with Crippen molar-refractivity contribution < 1.29 is 9.18 Å². The maximum atomic E-state index is 13.3. The molecule has 26 heavy (non-hydrogen) atoms. The molecule has 0 spiro atoms. The lowest BCUT2D eigenvalue weighted by Crippen LogP contribution is -2.36. The number of carbonyl (C=O) groups excluding carboxylic acids is 1. The van der Waals surface area contributed by atoms with Crippen LogP contribution in [0.1, 0.15) is 21.5 Å². The van der Waals surface area contributed by atoms with E-state index in [0.29, 0.717) is 30.0 Å². The molecule has 0 saturated carbocycles. The van der Waals surface area contributed by atoms with Crippen molar-refractivity contribution >= 4 is 17.3 Å². The van der Waals surface area contributed by atoms with E-state index in [1.807, 2.05) is 17.0 Å². The Morgan fingerprint density at radius 1 is 1.00 bits per heavy atom. The molecule has 2 heterocycles. The fourth-order valence-corrected chi connectivity index (χ4v) is 3.21. The van der Waals surface area contributed by atoms with Gasteiger partial charge in [0.1, 0.15) is 5.82 Å². The summed E-state index contributed by atoms with van der Waals surface area (Å²) in [5, 5.41) is 3.09. The number of hydrogen-bond donors (Lipinski definition) is 1. The fourth-order valence-electron chi connectivity index (χ4n) is 3.21. The second-order valence-electron chi connectivity index (χ2n) is 6.34. The molecule has 0 fully saturated rings. The number of nitrogens with one attached hydrogen (secondary N) is 1. The van der Waals surface area contributed by atoms with Crippen molar-refractivity contribution in [3.8, 4) is 0 Å². The Labute approximate surface area is 151 Å². The standard InChI is InChI=1S/C21H18FN3O/c22-18-6-3-7-19(11-18)24-20-10-17(12-23-13-20)21(26)25-9-8-15-4-1-2-5-16(15)14-25/h1-7,10-13,24H,8-9,14H2. The van der Waals surface area contributed by atoms with Crippen LogP contribution in [0.25, 0.3) is 0 Å². The molecule has 3 aromatic rings. The molecule has 0 aliphatic carbocycles. The summed E-state index contributed by atoms with van der Waals surface area (Å²) in [4.78, 5) is 18.9. The first kappa shape index (κ1) is 16.3. The highest BCUT2D eigenvalue weighted by Crippen LogP contribution is 2.22. The van der Waals surface area contributed by atoms with Gasteiger partial charge in [-0.2, -0.15) is 0 Å². The molecule has 2 aromatic carbocycles. The summed E-state index contributed by atoms with van der Waals surface area (Å²) >= 11 is 0. The van der Waals surface area contributed by atoms with Crippen LogP contribution in [0.2, 0.25) is 0 Å². The highest BCUT2D eigenvalue weighted by atomic mass is 19.1. The van der Waals surface area contributed by atoms with Gasteiger partial charge in [-0.1, -0.05) is 30.3 Å². The van der Waals surface area contributed by atoms with Crippen LogP contribution in [-0.4, -0.2) is 22.3 Å². The van der Waals surface area contributed by atoms with Gasteiger partial charge in [0.2, 0.25) is 0 Å². The largest absolute Gasteiger partial charge is 0.354 e. The lowest BCUT2D eigenvalue weighted by Gasteiger charge is -2.29. The Balaban J connectivity index is 1.52. The molecule has 1 aliphatic heterocycles. The fraction of sp³-hybridized carbons (Fsp3) is 0.143. The van der Waals surface area contributed by atoms with Crippen LogP contribution in [-0.2, 0) is 13.0 Å². The molecule has 0 atom stereocenters. The summed E-state index contributed by atoms with van der Waals surface area (Å²) in [6.45, 7) is 1.30.